The van der Waals surface area contributed by atoms with Gasteiger partial charge in [0.2, 0.25) is 0 Å². The minimum absolute atomic E-state index is 0.380. The number of hydrogen-bond donors (Lipinski definition) is 2. The van der Waals surface area contributed by atoms with Crippen LogP contribution in [0.25, 0.3) is 0 Å². The molecule has 1 unspecified atom stereocenters. The third kappa shape index (κ3) is 3.55. The Bertz CT molecular complexity index is 352. The molecule has 2 N–H and O–H groups in total. The molecule has 0 fully saturated rings. The van der Waals surface area contributed by atoms with Gasteiger partial charge >= 0.3 is 5.97 Å². The summed E-state index contributed by atoms with van der Waals surface area (Å²) in [5, 5.41) is 11.8. The molecule has 0 spiro atoms. The lowest BCUT2D eigenvalue weighted by atomic mass is 10.1. The van der Waals surface area contributed by atoms with E-state index in [9.17, 15) is 4.79 Å². The van der Waals surface area contributed by atoms with Gasteiger partial charge in [0.05, 0.1) is 13.0 Å². The molecule has 0 saturated heterocycles. The van der Waals surface area contributed by atoms with Gasteiger partial charge in [-0.25, -0.2) is 0 Å². The third-order valence-electron chi connectivity index (χ3n) is 2.38. The minimum atomic E-state index is -0.785. The van der Waals surface area contributed by atoms with Crippen molar-refractivity contribution in [2.45, 2.75) is 13.5 Å². The van der Waals surface area contributed by atoms with Crippen molar-refractivity contribution < 1.29 is 14.6 Å². The standard InChI is InChI=1S/C12H17NO3/c1-9(12(14)15)7-13-8-10-5-3-4-6-11(10)16-2/h3-6,9,13H,7-8H2,1-2H3,(H,14,15). The zero-order chi connectivity index (χ0) is 12.0. The fourth-order valence-electron chi connectivity index (χ4n) is 1.36. The van der Waals surface area contributed by atoms with E-state index in [1.54, 1.807) is 14.0 Å². The fraction of sp³-hybridized carbons (Fsp3) is 0.417. The molecule has 0 amide bonds. The number of carboxylic acids is 1. The minimum Gasteiger partial charge on any atom is -0.496 e. The van der Waals surface area contributed by atoms with Crippen molar-refractivity contribution in [1.29, 1.82) is 0 Å². The molecule has 16 heavy (non-hydrogen) atoms. The number of hydrogen-bond acceptors (Lipinski definition) is 3. The molecule has 0 radical (unpaired) electrons. The van der Waals surface area contributed by atoms with E-state index in [0.717, 1.165) is 11.3 Å². The number of aliphatic carboxylic acids is 1. The average Bonchev–Trinajstić information content (AvgIpc) is 2.29. The van der Waals surface area contributed by atoms with Gasteiger partial charge in [-0.3, -0.25) is 4.79 Å². The predicted octanol–water partition coefficient (Wildman–Crippen LogP) is 1.51. The van der Waals surface area contributed by atoms with E-state index in [1.807, 2.05) is 24.3 Å². The van der Waals surface area contributed by atoms with Crippen LogP contribution in [0.15, 0.2) is 24.3 Å². The van der Waals surface area contributed by atoms with Gasteiger partial charge in [-0.05, 0) is 6.07 Å². The van der Waals surface area contributed by atoms with E-state index in [0.29, 0.717) is 13.1 Å². The number of benzene rings is 1. The molecule has 0 aliphatic carbocycles. The van der Waals surface area contributed by atoms with Gasteiger partial charge < -0.3 is 15.2 Å². The second-order valence-corrected chi connectivity index (χ2v) is 3.68. The van der Waals surface area contributed by atoms with Crippen LogP contribution < -0.4 is 10.1 Å². The molecule has 4 nitrogen and oxygen atoms in total. The Balaban J connectivity index is 2.45. The molecule has 88 valence electrons. The van der Waals surface area contributed by atoms with Crippen molar-refractivity contribution in [2.24, 2.45) is 5.92 Å². The van der Waals surface area contributed by atoms with Crippen LogP contribution in [0, 0.1) is 5.92 Å². The Hall–Kier alpha value is -1.55. The van der Waals surface area contributed by atoms with Crippen molar-refractivity contribution in [2.75, 3.05) is 13.7 Å². The molecule has 0 aliphatic heterocycles. The molecular formula is C12H17NO3. The molecule has 0 aromatic heterocycles. The Labute approximate surface area is 95.2 Å². The SMILES string of the molecule is COc1ccccc1CNCC(C)C(=O)O. The van der Waals surface area contributed by atoms with Gasteiger partial charge in [-0.15, -0.1) is 0 Å². The summed E-state index contributed by atoms with van der Waals surface area (Å²) in [6, 6.07) is 7.68. The van der Waals surface area contributed by atoms with E-state index in [-0.39, 0.29) is 5.92 Å². The van der Waals surface area contributed by atoms with Crippen molar-refractivity contribution in [3.63, 3.8) is 0 Å². The maximum absolute atomic E-state index is 10.6. The summed E-state index contributed by atoms with van der Waals surface area (Å²) in [6.07, 6.45) is 0. The largest absolute Gasteiger partial charge is 0.496 e. The number of carboxylic acid groups (broad SMARTS) is 1. The molecule has 1 atom stereocenters. The first-order valence-electron chi connectivity index (χ1n) is 5.20. The maximum atomic E-state index is 10.6. The molecule has 4 heteroatoms. The zero-order valence-corrected chi connectivity index (χ0v) is 9.56. The second-order valence-electron chi connectivity index (χ2n) is 3.68. The maximum Gasteiger partial charge on any atom is 0.307 e. The fourth-order valence-corrected chi connectivity index (χ4v) is 1.36. The highest BCUT2D eigenvalue weighted by atomic mass is 16.5. The summed E-state index contributed by atoms with van der Waals surface area (Å²) in [7, 11) is 1.62. The van der Waals surface area contributed by atoms with E-state index >= 15 is 0 Å². The highest BCUT2D eigenvalue weighted by molar-refractivity contribution is 5.69. The summed E-state index contributed by atoms with van der Waals surface area (Å²) in [5.41, 5.74) is 1.03. The van der Waals surface area contributed by atoms with Crippen LogP contribution in [0.4, 0.5) is 0 Å². The first kappa shape index (κ1) is 12.5. The molecule has 1 rings (SSSR count). The van der Waals surface area contributed by atoms with Crippen LogP contribution in [0.3, 0.4) is 0 Å². The van der Waals surface area contributed by atoms with Crippen LogP contribution in [0.5, 0.6) is 5.75 Å². The van der Waals surface area contributed by atoms with Crippen molar-refractivity contribution in [1.82, 2.24) is 5.32 Å². The lowest BCUT2D eigenvalue weighted by molar-refractivity contribution is -0.140. The number of nitrogens with one attached hydrogen (secondary N) is 1. The van der Waals surface area contributed by atoms with E-state index in [4.69, 9.17) is 9.84 Å². The summed E-state index contributed by atoms with van der Waals surface area (Å²) in [4.78, 5) is 10.6. The van der Waals surface area contributed by atoms with Crippen molar-refractivity contribution in [3.05, 3.63) is 29.8 Å². The number of rotatable bonds is 6. The molecule has 0 saturated carbocycles. The van der Waals surface area contributed by atoms with Crippen LogP contribution in [0.2, 0.25) is 0 Å². The first-order chi connectivity index (χ1) is 7.65. The Morgan fingerprint density at radius 3 is 2.81 bits per heavy atom. The Kier molecular flexibility index (Phi) is 4.79. The first-order valence-corrected chi connectivity index (χ1v) is 5.20. The number of para-hydroxylation sites is 1. The van der Waals surface area contributed by atoms with Gasteiger partial charge in [0, 0.05) is 18.7 Å². The number of methoxy groups -OCH3 is 1. The molecule has 0 bridgehead atoms. The zero-order valence-electron chi connectivity index (χ0n) is 9.56. The monoisotopic (exact) mass is 223 g/mol. The highest BCUT2D eigenvalue weighted by Gasteiger charge is 2.10. The normalized spacial score (nSPS) is 12.1. The quantitative estimate of drug-likeness (QED) is 0.767. The number of carbonyl (C=O) groups is 1. The number of ether oxygens (including phenoxy) is 1. The van der Waals surface area contributed by atoms with Crippen molar-refractivity contribution >= 4 is 5.97 Å². The topological polar surface area (TPSA) is 58.6 Å². The van der Waals surface area contributed by atoms with Gasteiger partial charge in [0.15, 0.2) is 0 Å². The van der Waals surface area contributed by atoms with Gasteiger partial charge in [0.25, 0.3) is 0 Å². The molecule has 1 aromatic carbocycles. The molecule has 1 aromatic rings. The van der Waals surface area contributed by atoms with E-state index in [1.165, 1.54) is 0 Å². The van der Waals surface area contributed by atoms with Crippen molar-refractivity contribution in [3.8, 4) is 5.75 Å². The predicted molar refractivity (Wildman–Crippen MR) is 61.5 cm³/mol. The Morgan fingerprint density at radius 2 is 2.19 bits per heavy atom. The smallest absolute Gasteiger partial charge is 0.307 e. The Morgan fingerprint density at radius 1 is 1.50 bits per heavy atom. The average molecular weight is 223 g/mol. The van der Waals surface area contributed by atoms with Crippen LogP contribution >= 0.6 is 0 Å². The van der Waals surface area contributed by atoms with Crippen LogP contribution in [0.1, 0.15) is 12.5 Å². The molecule has 0 aliphatic rings. The molecule has 0 heterocycles. The highest BCUT2D eigenvalue weighted by Crippen LogP contribution is 2.16. The van der Waals surface area contributed by atoms with E-state index < -0.39 is 5.97 Å². The second kappa shape index (κ2) is 6.12. The lowest BCUT2D eigenvalue weighted by Gasteiger charge is -2.11. The lowest BCUT2D eigenvalue weighted by Crippen LogP contribution is -2.26. The van der Waals surface area contributed by atoms with Gasteiger partial charge in [0.1, 0.15) is 5.75 Å². The summed E-state index contributed by atoms with van der Waals surface area (Å²) in [5.74, 6) is -0.347. The van der Waals surface area contributed by atoms with Crippen LogP contribution in [-0.4, -0.2) is 24.7 Å². The van der Waals surface area contributed by atoms with E-state index in [2.05, 4.69) is 5.32 Å². The molecular weight excluding hydrogens is 206 g/mol. The van der Waals surface area contributed by atoms with Crippen LogP contribution in [-0.2, 0) is 11.3 Å². The third-order valence-corrected chi connectivity index (χ3v) is 2.38. The van der Waals surface area contributed by atoms with Gasteiger partial charge in [-0.2, -0.15) is 0 Å². The van der Waals surface area contributed by atoms with Gasteiger partial charge in [-0.1, -0.05) is 25.1 Å². The summed E-state index contributed by atoms with van der Waals surface area (Å²) < 4.78 is 5.19. The summed E-state index contributed by atoms with van der Waals surface area (Å²) >= 11 is 0. The summed E-state index contributed by atoms with van der Waals surface area (Å²) in [6.45, 7) is 2.74.